The van der Waals surface area contributed by atoms with E-state index in [2.05, 4.69) is 5.32 Å². The standard InChI is InChI=1S/C22H22N2O7/c1-30-22(29)15-3-2-4-17(13-15)24-10-12-31-19(21(24)28)18(26)20(27)23-16-7-5-14(6-8-16)9-11-25/h2-8,11,13,18-19,26H,9-10,12H2,1H3,(H,23,27)/t18-,19-/m1/s1. The molecule has 31 heavy (non-hydrogen) atoms. The third kappa shape index (κ3) is 5.14. The molecule has 2 N–H and O–H groups in total. The van der Waals surface area contributed by atoms with E-state index in [0.717, 1.165) is 11.8 Å². The highest BCUT2D eigenvalue weighted by Crippen LogP contribution is 2.22. The van der Waals surface area contributed by atoms with E-state index in [-0.39, 0.29) is 25.1 Å². The lowest BCUT2D eigenvalue weighted by atomic mass is 10.1. The Morgan fingerprint density at radius 3 is 2.71 bits per heavy atom. The SMILES string of the molecule is COC(=O)c1cccc(N2CCO[C@H]([C@@H](O)C(=O)Nc3ccc(CC=O)cc3)C2=O)c1. The fourth-order valence-electron chi connectivity index (χ4n) is 3.18. The van der Waals surface area contributed by atoms with Gasteiger partial charge in [-0.15, -0.1) is 0 Å². The fraction of sp³-hybridized carbons (Fsp3) is 0.273. The minimum Gasteiger partial charge on any atom is -0.465 e. The van der Waals surface area contributed by atoms with Gasteiger partial charge in [-0.2, -0.15) is 0 Å². The van der Waals surface area contributed by atoms with Crippen LogP contribution in [0.25, 0.3) is 0 Å². The summed E-state index contributed by atoms with van der Waals surface area (Å²) in [7, 11) is 1.26. The highest BCUT2D eigenvalue weighted by Gasteiger charge is 2.39. The molecule has 9 nitrogen and oxygen atoms in total. The predicted molar refractivity (Wildman–Crippen MR) is 111 cm³/mol. The molecular formula is C22H22N2O7. The normalized spacial score (nSPS) is 17.0. The van der Waals surface area contributed by atoms with E-state index >= 15 is 0 Å². The molecule has 2 amide bonds. The summed E-state index contributed by atoms with van der Waals surface area (Å²) in [6, 6.07) is 12.8. The van der Waals surface area contributed by atoms with E-state index < -0.39 is 30.0 Å². The first-order valence-electron chi connectivity index (χ1n) is 9.57. The van der Waals surface area contributed by atoms with Crippen LogP contribution in [0.3, 0.4) is 0 Å². The van der Waals surface area contributed by atoms with Crippen LogP contribution >= 0.6 is 0 Å². The molecule has 0 aliphatic carbocycles. The Labute approximate surface area is 178 Å². The number of aldehydes is 1. The lowest BCUT2D eigenvalue weighted by molar-refractivity contribution is -0.150. The van der Waals surface area contributed by atoms with E-state index in [1.54, 1.807) is 42.5 Å². The molecule has 9 heteroatoms. The minimum absolute atomic E-state index is 0.101. The average molecular weight is 426 g/mol. The van der Waals surface area contributed by atoms with E-state index in [9.17, 15) is 24.3 Å². The van der Waals surface area contributed by atoms with Crippen molar-refractivity contribution in [3.8, 4) is 0 Å². The molecule has 3 rings (SSSR count). The van der Waals surface area contributed by atoms with Gasteiger partial charge in [0, 0.05) is 24.3 Å². The van der Waals surface area contributed by atoms with Gasteiger partial charge in [0.1, 0.15) is 6.29 Å². The van der Waals surface area contributed by atoms with Gasteiger partial charge < -0.3 is 29.6 Å². The molecule has 0 radical (unpaired) electrons. The summed E-state index contributed by atoms with van der Waals surface area (Å²) in [6.07, 6.45) is -2.11. The molecule has 0 saturated carbocycles. The van der Waals surface area contributed by atoms with Gasteiger partial charge in [0.2, 0.25) is 0 Å². The number of aliphatic hydroxyl groups excluding tert-OH is 1. The molecular weight excluding hydrogens is 404 g/mol. The third-order valence-corrected chi connectivity index (χ3v) is 4.80. The van der Waals surface area contributed by atoms with Crippen molar-refractivity contribution in [2.24, 2.45) is 0 Å². The van der Waals surface area contributed by atoms with Gasteiger partial charge in [-0.05, 0) is 35.9 Å². The zero-order chi connectivity index (χ0) is 22.4. The maximum atomic E-state index is 12.9. The summed E-state index contributed by atoms with van der Waals surface area (Å²) in [5.74, 6) is -1.94. The van der Waals surface area contributed by atoms with E-state index in [1.165, 1.54) is 18.1 Å². The summed E-state index contributed by atoms with van der Waals surface area (Å²) in [5.41, 5.74) is 1.89. The minimum atomic E-state index is -1.74. The highest BCUT2D eigenvalue weighted by atomic mass is 16.5. The van der Waals surface area contributed by atoms with Crippen molar-refractivity contribution >= 4 is 35.4 Å². The number of carbonyl (C=O) groups excluding carboxylic acids is 4. The predicted octanol–water partition coefficient (Wildman–Crippen LogP) is 0.946. The molecule has 0 aromatic heterocycles. The number of esters is 1. The molecule has 1 aliphatic rings. The maximum Gasteiger partial charge on any atom is 0.337 e. The topological polar surface area (TPSA) is 122 Å². The summed E-state index contributed by atoms with van der Waals surface area (Å²) >= 11 is 0. The largest absolute Gasteiger partial charge is 0.465 e. The first-order valence-corrected chi connectivity index (χ1v) is 9.57. The van der Waals surface area contributed by atoms with Crippen LogP contribution < -0.4 is 10.2 Å². The van der Waals surface area contributed by atoms with Crippen LogP contribution in [0.5, 0.6) is 0 Å². The summed E-state index contributed by atoms with van der Waals surface area (Å²) < 4.78 is 10.1. The van der Waals surface area contributed by atoms with Crippen molar-refractivity contribution in [2.75, 3.05) is 30.5 Å². The van der Waals surface area contributed by atoms with Gasteiger partial charge in [-0.3, -0.25) is 9.59 Å². The Hall–Kier alpha value is -3.56. The lowest BCUT2D eigenvalue weighted by Gasteiger charge is -2.34. The number of nitrogens with one attached hydrogen (secondary N) is 1. The van der Waals surface area contributed by atoms with Crippen molar-refractivity contribution in [1.29, 1.82) is 0 Å². The second-order valence-corrected chi connectivity index (χ2v) is 6.82. The van der Waals surface area contributed by atoms with Crippen molar-refractivity contribution < 1.29 is 33.8 Å². The third-order valence-electron chi connectivity index (χ3n) is 4.80. The fourth-order valence-corrected chi connectivity index (χ4v) is 3.18. The van der Waals surface area contributed by atoms with Crippen LogP contribution in [0, 0.1) is 0 Å². The van der Waals surface area contributed by atoms with Crippen LogP contribution in [0.1, 0.15) is 15.9 Å². The molecule has 1 saturated heterocycles. The van der Waals surface area contributed by atoms with E-state index in [0.29, 0.717) is 11.4 Å². The molecule has 2 atom stereocenters. The maximum absolute atomic E-state index is 12.9. The Balaban J connectivity index is 1.70. The molecule has 1 aliphatic heterocycles. The zero-order valence-electron chi connectivity index (χ0n) is 16.8. The second-order valence-electron chi connectivity index (χ2n) is 6.82. The number of rotatable bonds is 7. The second kappa shape index (κ2) is 9.96. The lowest BCUT2D eigenvalue weighted by Crippen LogP contribution is -2.55. The number of aliphatic hydroxyl groups is 1. The summed E-state index contributed by atoms with van der Waals surface area (Å²) in [6.45, 7) is 0.302. The number of methoxy groups -OCH3 is 1. The highest BCUT2D eigenvalue weighted by molar-refractivity contribution is 6.04. The molecule has 0 bridgehead atoms. The van der Waals surface area contributed by atoms with Crippen molar-refractivity contribution in [3.63, 3.8) is 0 Å². The molecule has 2 aromatic carbocycles. The average Bonchev–Trinajstić information content (AvgIpc) is 2.79. The van der Waals surface area contributed by atoms with E-state index in [1.807, 2.05) is 0 Å². The van der Waals surface area contributed by atoms with Crippen LogP contribution in [-0.2, 0) is 30.3 Å². The molecule has 1 fully saturated rings. The monoisotopic (exact) mass is 426 g/mol. The van der Waals surface area contributed by atoms with Gasteiger partial charge in [0.05, 0.1) is 19.3 Å². The molecule has 2 aromatic rings. The van der Waals surface area contributed by atoms with Gasteiger partial charge in [0.25, 0.3) is 11.8 Å². The summed E-state index contributed by atoms with van der Waals surface area (Å²) in [5, 5.41) is 13.0. The molecule has 0 spiro atoms. The molecule has 1 heterocycles. The van der Waals surface area contributed by atoms with Crippen LogP contribution in [-0.4, -0.2) is 61.6 Å². The van der Waals surface area contributed by atoms with E-state index in [4.69, 9.17) is 9.47 Å². The first kappa shape index (κ1) is 22.1. The Morgan fingerprint density at radius 1 is 1.29 bits per heavy atom. The van der Waals surface area contributed by atoms with Gasteiger partial charge in [-0.1, -0.05) is 18.2 Å². The number of nitrogens with zero attached hydrogens (tertiary/aromatic N) is 1. The number of anilines is 2. The quantitative estimate of drug-likeness (QED) is 0.499. The number of ether oxygens (including phenoxy) is 2. The van der Waals surface area contributed by atoms with Crippen LogP contribution in [0.2, 0.25) is 0 Å². The zero-order valence-corrected chi connectivity index (χ0v) is 16.8. The van der Waals surface area contributed by atoms with Crippen LogP contribution in [0.4, 0.5) is 11.4 Å². The smallest absolute Gasteiger partial charge is 0.337 e. The summed E-state index contributed by atoms with van der Waals surface area (Å²) in [4.78, 5) is 49.0. The first-order chi connectivity index (χ1) is 14.9. The Morgan fingerprint density at radius 2 is 2.03 bits per heavy atom. The number of benzene rings is 2. The van der Waals surface area contributed by atoms with Gasteiger partial charge in [0.15, 0.2) is 12.2 Å². The van der Waals surface area contributed by atoms with Gasteiger partial charge in [-0.25, -0.2) is 4.79 Å². The number of morpholine rings is 1. The Bertz CT molecular complexity index is 974. The number of carbonyl (C=O) groups is 4. The van der Waals surface area contributed by atoms with Crippen LogP contribution in [0.15, 0.2) is 48.5 Å². The number of hydrogen-bond acceptors (Lipinski definition) is 7. The molecule has 162 valence electrons. The Kier molecular flexibility index (Phi) is 7.11. The van der Waals surface area contributed by atoms with Crippen molar-refractivity contribution in [2.45, 2.75) is 18.6 Å². The van der Waals surface area contributed by atoms with Crippen molar-refractivity contribution in [1.82, 2.24) is 0 Å². The molecule has 0 unspecified atom stereocenters. The number of hydrogen-bond donors (Lipinski definition) is 2. The van der Waals surface area contributed by atoms with Crippen molar-refractivity contribution in [3.05, 3.63) is 59.7 Å². The van der Waals surface area contributed by atoms with Gasteiger partial charge >= 0.3 is 5.97 Å². The number of amides is 2.